The number of piperidine rings is 1. The zero-order valence-electron chi connectivity index (χ0n) is 15.7. The monoisotopic (exact) mass is 340 g/mol. The van der Waals surface area contributed by atoms with Gasteiger partial charge in [-0.1, -0.05) is 44.0 Å². The number of carbonyl (C=O) groups is 1. The van der Waals surface area contributed by atoms with E-state index in [0.717, 1.165) is 25.9 Å². The fourth-order valence-corrected chi connectivity index (χ4v) is 4.97. The van der Waals surface area contributed by atoms with E-state index in [4.69, 9.17) is 0 Å². The minimum atomic E-state index is 0.191. The maximum atomic E-state index is 12.9. The molecule has 25 heavy (non-hydrogen) atoms. The third-order valence-corrected chi connectivity index (χ3v) is 6.85. The van der Waals surface area contributed by atoms with Crippen molar-refractivity contribution < 1.29 is 4.79 Å². The molecular weight excluding hydrogens is 308 g/mol. The van der Waals surface area contributed by atoms with Gasteiger partial charge in [-0.3, -0.25) is 4.79 Å². The molecule has 1 saturated carbocycles. The van der Waals surface area contributed by atoms with Crippen molar-refractivity contribution in [2.45, 2.75) is 63.8 Å². The first-order valence-corrected chi connectivity index (χ1v) is 10.3. The van der Waals surface area contributed by atoms with Crippen LogP contribution in [-0.2, 0) is 16.8 Å². The van der Waals surface area contributed by atoms with Crippen LogP contribution in [-0.4, -0.2) is 41.9 Å². The summed E-state index contributed by atoms with van der Waals surface area (Å²) in [5, 5.41) is 0. The molecule has 2 heterocycles. The minimum Gasteiger partial charge on any atom is -0.337 e. The number of benzene rings is 1. The van der Waals surface area contributed by atoms with E-state index < -0.39 is 0 Å². The predicted molar refractivity (Wildman–Crippen MR) is 101 cm³/mol. The van der Waals surface area contributed by atoms with Crippen LogP contribution >= 0.6 is 0 Å². The Balaban J connectivity index is 1.54. The van der Waals surface area contributed by atoms with Crippen molar-refractivity contribution in [3.8, 4) is 0 Å². The molecule has 0 bridgehead atoms. The van der Waals surface area contributed by atoms with Gasteiger partial charge in [0, 0.05) is 24.4 Å². The van der Waals surface area contributed by atoms with Crippen LogP contribution in [0, 0.1) is 5.92 Å². The average molecular weight is 341 g/mol. The van der Waals surface area contributed by atoms with Gasteiger partial charge in [-0.25, -0.2) is 0 Å². The van der Waals surface area contributed by atoms with Gasteiger partial charge in [0.1, 0.15) is 0 Å². The molecule has 4 rings (SSSR count). The van der Waals surface area contributed by atoms with E-state index in [2.05, 4.69) is 41.0 Å². The quantitative estimate of drug-likeness (QED) is 0.828. The Morgan fingerprint density at radius 3 is 2.64 bits per heavy atom. The Labute approximate surface area is 152 Å². The number of nitrogens with zero attached hydrogens (tertiary/aromatic N) is 2. The molecule has 2 fully saturated rings. The first-order chi connectivity index (χ1) is 12.2. The lowest BCUT2D eigenvalue weighted by molar-refractivity contribution is -0.140. The molecule has 1 saturated heterocycles. The van der Waals surface area contributed by atoms with Gasteiger partial charge < -0.3 is 9.80 Å². The normalized spacial score (nSPS) is 23.3. The third-order valence-electron chi connectivity index (χ3n) is 6.85. The van der Waals surface area contributed by atoms with Crippen LogP contribution in [0.15, 0.2) is 24.3 Å². The summed E-state index contributed by atoms with van der Waals surface area (Å²) in [6.45, 7) is 7.64. The molecule has 1 amide bonds. The molecule has 1 aromatic carbocycles. The number of amides is 1. The van der Waals surface area contributed by atoms with Crippen molar-refractivity contribution in [3.05, 3.63) is 35.4 Å². The topological polar surface area (TPSA) is 23.6 Å². The molecule has 0 radical (unpaired) electrons. The van der Waals surface area contributed by atoms with Crippen LogP contribution in [0.5, 0.6) is 0 Å². The van der Waals surface area contributed by atoms with Gasteiger partial charge in [0.05, 0.1) is 0 Å². The largest absolute Gasteiger partial charge is 0.337 e. The Morgan fingerprint density at radius 2 is 1.96 bits per heavy atom. The molecule has 3 aliphatic rings. The highest BCUT2D eigenvalue weighted by Crippen LogP contribution is 2.43. The summed E-state index contributed by atoms with van der Waals surface area (Å²) >= 11 is 0. The van der Waals surface area contributed by atoms with Crippen molar-refractivity contribution in [1.82, 2.24) is 9.80 Å². The molecule has 1 aliphatic carbocycles. The van der Waals surface area contributed by atoms with E-state index >= 15 is 0 Å². The number of unbranched alkanes of at least 4 members (excludes halogenated alkanes) is 1. The second kappa shape index (κ2) is 7.11. The first-order valence-electron chi connectivity index (χ1n) is 10.3. The molecule has 0 atom stereocenters. The summed E-state index contributed by atoms with van der Waals surface area (Å²) in [4.78, 5) is 17.8. The Hall–Kier alpha value is -1.35. The third kappa shape index (κ3) is 3.23. The zero-order valence-corrected chi connectivity index (χ0v) is 15.7. The first kappa shape index (κ1) is 17.1. The van der Waals surface area contributed by atoms with E-state index in [9.17, 15) is 4.79 Å². The number of likely N-dealkylation sites (tertiary alicyclic amines) is 1. The van der Waals surface area contributed by atoms with Crippen molar-refractivity contribution >= 4 is 5.91 Å². The summed E-state index contributed by atoms with van der Waals surface area (Å²) < 4.78 is 0. The van der Waals surface area contributed by atoms with Crippen LogP contribution < -0.4 is 0 Å². The molecule has 136 valence electrons. The molecule has 3 nitrogen and oxygen atoms in total. The summed E-state index contributed by atoms with van der Waals surface area (Å²) in [5.74, 6) is 0.737. The molecule has 2 aliphatic heterocycles. The SMILES string of the molecule is CCCCN1CCC2(CC1)CN(C(=O)C1CCC1)Cc1ccccc12. The summed E-state index contributed by atoms with van der Waals surface area (Å²) in [6, 6.07) is 8.91. The zero-order chi connectivity index (χ0) is 17.3. The number of fused-ring (bicyclic) bond motifs is 2. The number of hydrogen-bond acceptors (Lipinski definition) is 2. The van der Waals surface area contributed by atoms with Crippen LogP contribution in [0.3, 0.4) is 0 Å². The lowest BCUT2D eigenvalue weighted by atomic mass is 9.68. The summed E-state index contributed by atoms with van der Waals surface area (Å²) in [7, 11) is 0. The molecule has 1 spiro atoms. The molecule has 0 unspecified atom stereocenters. The van der Waals surface area contributed by atoms with Crippen molar-refractivity contribution in [3.63, 3.8) is 0 Å². The van der Waals surface area contributed by atoms with Crippen molar-refractivity contribution in [1.29, 1.82) is 0 Å². The maximum absolute atomic E-state index is 12.9. The highest BCUT2D eigenvalue weighted by Gasteiger charge is 2.44. The van der Waals surface area contributed by atoms with Gasteiger partial charge in [0.25, 0.3) is 0 Å². The van der Waals surface area contributed by atoms with Crippen LogP contribution in [0.2, 0.25) is 0 Å². The van der Waals surface area contributed by atoms with Gasteiger partial charge in [-0.05, 0) is 62.9 Å². The predicted octanol–water partition coefficient (Wildman–Crippen LogP) is 3.96. The smallest absolute Gasteiger partial charge is 0.226 e. The summed E-state index contributed by atoms with van der Waals surface area (Å²) in [5.41, 5.74) is 3.11. The minimum absolute atomic E-state index is 0.191. The van der Waals surface area contributed by atoms with Gasteiger partial charge in [-0.15, -0.1) is 0 Å². The Morgan fingerprint density at radius 1 is 1.20 bits per heavy atom. The fourth-order valence-electron chi connectivity index (χ4n) is 4.97. The van der Waals surface area contributed by atoms with E-state index in [-0.39, 0.29) is 5.41 Å². The van der Waals surface area contributed by atoms with Crippen LogP contribution in [0.25, 0.3) is 0 Å². The average Bonchev–Trinajstić information content (AvgIpc) is 2.60. The van der Waals surface area contributed by atoms with Crippen LogP contribution in [0.1, 0.15) is 63.0 Å². The molecule has 0 aromatic heterocycles. The van der Waals surface area contributed by atoms with E-state index in [1.165, 1.54) is 62.9 Å². The number of hydrogen-bond donors (Lipinski definition) is 0. The van der Waals surface area contributed by atoms with E-state index in [0.29, 0.717) is 11.8 Å². The molecule has 0 N–H and O–H groups in total. The number of rotatable bonds is 4. The maximum Gasteiger partial charge on any atom is 0.226 e. The second-order valence-corrected chi connectivity index (χ2v) is 8.45. The van der Waals surface area contributed by atoms with Crippen molar-refractivity contribution in [2.24, 2.45) is 5.92 Å². The standard InChI is InChI=1S/C22H32N2O/c1-2-3-13-23-14-11-22(12-15-23)17-24(21(25)18-8-6-9-18)16-19-7-4-5-10-20(19)22/h4-5,7,10,18H,2-3,6,8-9,11-17H2,1H3. The lowest BCUT2D eigenvalue weighted by Crippen LogP contribution is -2.54. The lowest BCUT2D eigenvalue weighted by Gasteiger charge is -2.49. The Kier molecular flexibility index (Phi) is 4.86. The highest BCUT2D eigenvalue weighted by molar-refractivity contribution is 5.80. The summed E-state index contributed by atoms with van der Waals surface area (Å²) in [6.07, 6.45) is 8.41. The highest BCUT2D eigenvalue weighted by atomic mass is 16.2. The van der Waals surface area contributed by atoms with E-state index in [1.54, 1.807) is 0 Å². The molecular formula is C22H32N2O. The van der Waals surface area contributed by atoms with Gasteiger partial charge >= 0.3 is 0 Å². The van der Waals surface area contributed by atoms with Gasteiger partial charge in [0.2, 0.25) is 5.91 Å². The molecule has 1 aromatic rings. The van der Waals surface area contributed by atoms with Crippen molar-refractivity contribution in [2.75, 3.05) is 26.2 Å². The van der Waals surface area contributed by atoms with Gasteiger partial charge in [0.15, 0.2) is 0 Å². The van der Waals surface area contributed by atoms with E-state index in [1.807, 2.05) is 0 Å². The Bertz CT molecular complexity index is 614. The fraction of sp³-hybridized carbons (Fsp3) is 0.682. The second-order valence-electron chi connectivity index (χ2n) is 8.45. The van der Waals surface area contributed by atoms with Gasteiger partial charge in [-0.2, -0.15) is 0 Å². The molecule has 3 heteroatoms. The number of carbonyl (C=O) groups excluding carboxylic acids is 1. The van der Waals surface area contributed by atoms with Crippen LogP contribution in [0.4, 0.5) is 0 Å².